The number of alkyl halides is 2. The second-order valence-corrected chi connectivity index (χ2v) is 17.2. The normalized spacial score (nSPS) is 19.8. The fraction of sp³-hybridized carbons (Fsp3) is 0.378. The standard InChI is InChI=1S/C24H23F2N3O2.C21H21N3O2/c1-13-2-6-16-20(31-29-21(16)27-15-4-5-15)19(13)14-3-7-17-18(12-14)28-22(30)23(17)8-10-24(25,26)11-9-23;1-11-4-8-14-18(26-24-19(14)22-13-6-7-13)17(11)12-5-9-15-16(10-12)23-20(25)21(15,2)3/h2-3,6-7,12,15H,4-5,8-11H2,1H3,(H,27,29)(H,28,30);4-5,8-10,13H,6-7H2,1-3H3,(H,22,24)(H,23,25). The number of fused-ring (bicyclic) bond motifs is 5. The molecule has 57 heavy (non-hydrogen) atoms. The molecule has 2 aliphatic heterocycles. The molecule has 1 spiro atoms. The zero-order chi connectivity index (χ0) is 39.4. The molecule has 292 valence electrons. The van der Waals surface area contributed by atoms with E-state index in [2.05, 4.69) is 56.7 Å². The lowest BCUT2D eigenvalue weighted by Gasteiger charge is -2.35. The number of hydrogen-bond acceptors (Lipinski definition) is 8. The van der Waals surface area contributed by atoms with E-state index in [-0.39, 0.29) is 37.5 Å². The first kappa shape index (κ1) is 35.6. The summed E-state index contributed by atoms with van der Waals surface area (Å²) in [6, 6.07) is 21.2. The molecule has 6 aromatic rings. The van der Waals surface area contributed by atoms with Crippen molar-refractivity contribution >= 4 is 56.8 Å². The van der Waals surface area contributed by atoms with Crippen LogP contribution in [-0.4, -0.2) is 40.1 Å². The fourth-order valence-corrected chi connectivity index (χ4v) is 8.85. The number of nitrogens with one attached hydrogen (secondary N) is 4. The van der Waals surface area contributed by atoms with Crippen LogP contribution >= 0.6 is 0 Å². The lowest BCUT2D eigenvalue weighted by molar-refractivity contribution is -0.126. The number of anilines is 4. The monoisotopic (exact) mass is 770 g/mol. The summed E-state index contributed by atoms with van der Waals surface area (Å²) in [7, 11) is 0. The third kappa shape index (κ3) is 5.94. The van der Waals surface area contributed by atoms with Crippen LogP contribution in [0.25, 0.3) is 44.2 Å². The second-order valence-electron chi connectivity index (χ2n) is 17.2. The quantitative estimate of drug-likeness (QED) is 0.132. The molecule has 0 radical (unpaired) electrons. The van der Waals surface area contributed by atoms with Crippen LogP contribution in [0.3, 0.4) is 0 Å². The summed E-state index contributed by atoms with van der Waals surface area (Å²) >= 11 is 0. The summed E-state index contributed by atoms with van der Waals surface area (Å²) in [4.78, 5) is 25.1. The lowest BCUT2D eigenvalue weighted by Crippen LogP contribution is -2.41. The van der Waals surface area contributed by atoms with Crippen molar-refractivity contribution in [3.05, 3.63) is 82.9 Å². The first-order valence-electron chi connectivity index (χ1n) is 19.9. The predicted octanol–water partition coefficient (Wildman–Crippen LogP) is 10.4. The molecule has 11 rings (SSSR count). The molecule has 4 aromatic carbocycles. The Hall–Kier alpha value is -5.78. The van der Waals surface area contributed by atoms with Crippen molar-refractivity contribution in [2.24, 2.45) is 0 Å². The van der Waals surface area contributed by atoms with Gasteiger partial charge in [0, 0.05) is 47.4 Å². The van der Waals surface area contributed by atoms with Gasteiger partial charge in [0.05, 0.1) is 21.6 Å². The Morgan fingerprint density at radius 3 is 1.63 bits per heavy atom. The Kier molecular flexibility index (Phi) is 7.88. The zero-order valence-corrected chi connectivity index (χ0v) is 32.4. The van der Waals surface area contributed by atoms with Gasteiger partial charge in [-0.25, -0.2) is 8.78 Å². The van der Waals surface area contributed by atoms with Gasteiger partial charge in [-0.1, -0.05) is 46.7 Å². The number of halogens is 2. The third-order valence-electron chi connectivity index (χ3n) is 12.7. The van der Waals surface area contributed by atoms with Crippen LogP contribution in [0.5, 0.6) is 0 Å². The highest BCUT2D eigenvalue weighted by molar-refractivity contribution is 6.09. The van der Waals surface area contributed by atoms with Gasteiger partial charge in [-0.05, 0) is 124 Å². The number of carbonyl (C=O) groups excluding carboxylic acids is 2. The van der Waals surface area contributed by atoms with Gasteiger partial charge in [0.15, 0.2) is 22.8 Å². The van der Waals surface area contributed by atoms with Gasteiger partial charge < -0.3 is 30.3 Å². The predicted molar refractivity (Wildman–Crippen MR) is 217 cm³/mol. The van der Waals surface area contributed by atoms with Crippen LogP contribution < -0.4 is 21.3 Å². The largest absolute Gasteiger partial charge is 0.364 e. The van der Waals surface area contributed by atoms with E-state index in [1.165, 1.54) is 12.8 Å². The van der Waals surface area contributed by atoms with Crippen molar-refractivity contribution in [1.29, 1.82) is 0 Å². The first-order chi connectivity index (χ1) is 27.3. The number of benzene rings is 4. The van der Waals surface area contributed by atoms with Crippen molar-refractivity contribution in [2.45, 2.75) is 108 Å². The van der Waals surface area contributed by atoms with Gasteiger partial charge in [-0.2, -0.15) is 0 Å². The van der Waals surface area contributed by atoms with E-state index < -0.39 is 16.8 Å². The van der Waals surface area contributed by atoms with Crippen molar-refractivity contribution in [1.82, 2.24) is 10.3 Å². The highest BCUT2D eigenvalue weighted by atomic mass is 19.3. The molecule has 3 fully saturated rings. The molecule has 0 saturated heterocycles. The van der Waals surface area contributed by atoms with Crippen LogP contribution in [0.2, 0.25) is 0 Å². The average molecular weight is 771 g/mol. The number of aromatic nitrogens is 2. The highest BCUT2D eigenvalue weighted by Gasteiger charge is 2.52. The third-order valence-corrected chi connectivity index (χ3v) is 12.7. The average Bonchev–Trinajstić information content (AvgIpc) is 4.06. The van der Waals surface area contributed by atoms with Crippen LogP contribution in [0, 0.1) is 13.8 Å². The molecule has 4 heterocycles. The van der Waals surface area contributed by atoms with E-state index in [1.807, 2.05) is 63.2 Å². The van der Waals surface area contributed by atoms with E-state index >= 15 is 0 Å². The number of amides is 2. The smallest absolute Gasteiger partial charge is 0.248 e. The summed E-state index contributed by atoms with van der Waals surface area (Å²) in [6.45, 7) is 7.99. The van der Waals surface area contributed by atoms with Crippen molar-refractivity contribution in [3.8, 4) is 22.3 Å². The van der Waals surface area contributed by atoms with Gasteiger partial charge in [-0.3, -0.25) is 9.59 Å². The number of hydrogen-bond donors (Lipinski definition) is 4. The molecule has 4 N–H and O–H groups in total. The Bertz CT molecular complexity index is 2640. The maximum Gasteiger partial charge on any atom is 0.248 e. The molecular formula is C45H44F2N6O4. The SMILES string of the molecule is Cc1ccc2c(NC3CC3)noc2c1-c1ccc2c(c1)NC(=O)C2(C)C.Cc1ccc2c(NC3CC3)noc2c1-c1ccc2c(c1)NC(=O)C21CCC(F)(F)CC1. The molecule has 2 amide bonds. The van der Waals surface area contributed by atoms with E-state index in [1.54, 1.807) is 0 Å². The summed E-state index contributed by atoms with van der Waals surface area (Å²) in [5.74, 6) is -1.23. The van der Waals surface area contributed by atoms with E-state index in [9.17, 15) is 18.4 Å². The molecule has 3 aliphatic carbocycles. The number of rotatable bonds is 6. The highest BCUT2D eigenvalue weighted by Crippen LogP contribution is 2.52. The maximum absolute atomic E-state index is 13.8. The topological polar surface area (TPSA) is 134 Å². The molecule has 2 aromatic heterocycles. The minimum absolute atomic E-state index is 0.0372. The number of carbonyl (C=O) groups is 2. The number of nitrogens with zero attached hydrogens (tertiary/aromatic N) is 2. The van der Waals surface area contributed by atoms with E-state index in [4.69, 9.17) is 9.05 Å². The van der Waals surface area contributed by atoms with Crippen LogP contribution in [0.4, 0.5) is 31.8 Å². The van der Waals surface area contributed by atoms with Crippen LogP contribution in [-0.2, 0) is 20.4 Å². The minimum atomic E-state index is -2.68. The van der Waals surface area contributed by atoms with Gasteiger partial charge in [-0.15, -0.1) is 0 Å². The van der Waals surface area contributed by atoms with Crippen LogP contribution in [0.1, 0.15) is 87.5 Å². The molecule has 5 aliphatic rings. The molecule has 0 bridgehead atoms. The van der Waals surface area contributed by atoms with Gasteiger partial charge in [0.25, 0.3) is 0 Å². The lowest BCUT2D eigenvalue weighted by atomic mass is 9.69. The summed E-state index contributed by atoms with van der Waals surface area (Å²) in [5, 5.41) is 23.2. The fourth-order valence-electron chi connectivity index (χ4n) is 8.85. The Morgan fingerprint density at radius 1 is 0.649 bits per heavy atom. The zero-order valence-electron chi connectivity index (χ0n) is 32.4. The maximum atomic E-state index is 13.8. The Morgan fingerprint density at radius 2 is 1.12 bits per heavy atom. The molecule has 0 unspecified atom stereocenters. The van der Waals surface area contributed by atoms with Crippen LogP contribution in [0.15, 0.2) is 69.7 Å². The molecule has 10 nitrogen and oxygen atoms in total. The summed E-state index contributed by atoms with van der Waals surface area (Å²) in [6.07, 6.45) is 4.50. The van der Waals surface area contributed by atoms with Crippen molar-refractivity contribution < 1.29 is 27.4 Å². The molecular weight excluding hydrogens is 727 g/mol. The molecule has 12 heteroatoms. The van der Waals surface area contributed by atoms with E-state index in [0.29, 0.717) is 23.4 Å². The van der Waals surface area contributed by atoms with Crippen molar-refractivity contribution in [2.75, 3.05) is 21.3 Å². The van der Waals surface area contributed by atoms with Crippen molar-refractivity contribution in [3.63, 3.8) is 0 Å². The summed E-state index contributed by atoms with van der Waals surface area (Å²) < 4.78 is 39.0. The summed E-state index contributed by atoms with van der Waals surface area (Å²) in [5.41, 5.74) is 9.66. The van der Waals surface area contributed by atoms with Gasteiger partial charge in [0.1, 0.15) is 0 Å². The second kappa shape index (κ2) is 12.6. The van der Waals surface area contributed by atoms with Gasteiger partial charge >= 0.3 is 0 Å². The van der Waals surface area contributed by atoms with E-state index in [0.717, 1.165) is 91.0 Å². The number of aryl methyl sites for hydroxylation is 2. The van der Waals surface area contributed by atoms with Gasteiger partial charge in [0.2, 0.25) is 17.7 Å². The Labute approximate surface area is 328 Å². The Balaban J connectivity index is 0.000000141. The molecule has 3 saturated carbocycles. The minimum Gasteiger partial charge on any atom is -0.364 e. The first-order valence-corrected chi connectivity index (χ1v) is 19.9. The molecule has 0 atom stereocenters.